The van der Waals surface area contributed by atoms with Crippen LogP contribution in [0.3, 0.4) is 0 Å². The van der Waals surface area contributed by atoms with Crippen LogP contribution in [0, 0.1) is 5.92 Å². The van der Waals surface area contributed by atoms with E-state index >= 15 is 0 Å². The summed E-state index contributed by atoms with van der Waals surface area (Å²) >= 11 is 0. The van der Waals surface area contributed by atoms with E-state index in [9.17, 15) is 9.90 Å². The van der Waals surface area contributed by atoms with Gasteiger partial charge in [-0.05, 0) is 39.2 Å². The summed E-state index contributed by atoms with van der Waals surface area (Å²) in [6.07, 6.45) is 2.23. The summed E-state index contributed by atoms with van der Waals surface area (Å²) < 4.78 is 0. The van der Waals surface area contributed by atoms with Gasteiger partial charge in [-0.15, -0.1) is 0 Å². The molecule has 0 bridgehead atoms. The van der Waals surface area contributed by atoms with Crippen LogP contribution in [0.5, 0.6) is 0 Å². The number of rotatable bonds is 3. The van der Waals surface area contributed by atoms with E-state index in [1.165, 1.54) is 0 Å². The van der Waals surface area contributed by atoms with Crippen molar-refractivity contribution in [1.82, 2.24) is 10.2 Å². The maximum Gasteiger partial charge on any atom is 0.240 e. The Morgan fingerprint density at radius 2 is 2.19 bits per heavy atom. The second kappa shape index (κ2) is 5.15. The van der Waals surface area contributed by atoms with Crippen LogP contribution in [0.4, 0.5) is 0 Å². The summed E-state index contributed by atoms with van der Waals surface area (Å²) in [5.41, 5.74) is -0.490. The van der Waals surface area contributed by atoms with E-state index in [1.54, 1.807) is 11.9 Å². The highest BCUT2D eigenvalue weighted by Gasteiger charge is 2.35. The number of carbonyl (C=O) groups excluding carboxylic acids is 1. The Hall–Kier alpha value is -0.610. The van der Waals surface area contributed by atoms with Crippen molar-refractivity contribution in [2.24, 2.45) is 5.92 Å². The molecule has 0 saturated carbocycles. The highest BCUT2D eigenvalue weighted by molar-refractivity contribution is 5.82. The number of amides is 1. The molecule has 1 rings (SSSR count). The van der Waals surface area contributed by atoms with Crippen molar-refractivity contribution in [2.75, 3.05) is 20.2 Å². The van der Waals surface area contributed by atoms with Gasteiger partial charge in [-0.2, -0.15) is 0 Å². The lowest BCUT2D eigenvalue weighted by molar-refractivity contribution is -0.140. The predicted molar refractivity (Wildman–Crippen MR) is 64.1 cm³/mol. The van der Waals surface area contributed by atoms with Crippen LogP contribution in [-0.2, 0) is 4.79 Å². The van der Waals surface area contributed by atoms with Crippen molar-refractivity contribution in [3.05, 3.63) is 0 Å². The molecule has 1 heterocycles. The molecule has 1 saturated heterocycles. The third kappa shape index (κ3) is 2.74. The number of carbonyl (C=O) groups is 1. The molecule has 1 aliphatic rings. The lowest BCUT2D eigenvalue weighted by Crippen LogP contribution is -2.57. The average molecular weight is 228 g/mol. The highest BCUT2D eigenvalue weighted by atomic mass is 16.3. The van der Waals surface area contributed by atoms with Gasteiger partial charge in [0.25, 0.3) is 0 Å². The van der Waals surface area contributed by atoms with Crippen molar-refractivity contribution in [3.8, 4) is 0 Å². The molecule has 0 aromatic heterocycles. The number of aliphatic hydroxyl groups excluding tert-OH is 1. The number of piperidine rings is 1. The fourth-order valence-corrected chi connectivity index (χ4v) is 1.99. The van der Waals surface area contributed by atoms with Crippen molar-refractivity contribution in [1.29, 1.82) is 0 Å². The summed E-state index contributed by atoms with van der Waals surface area (Å²) in [6, 6.07) is -0.0930. The molecule has 0 spiro atoms. The smallest absolute Gasteiger partial charge is 0.240 e. The minimum Gasteiger partial charge on any atom is -0.394 e. The lowest BCUT2D eigenvalue weighted by atomic mass is 9.90. The maximum atomic E-state index is 12.3. The van der Waals surface area contributed by atoms with E-state index in [1.807, 2.05) is 13.8 Å². The summed E-state index contributed by atoms with van der Waals surface area (Å²) in [4.78, 5) is 13.9. The lowest BCUT2D eigenvalue weighted by Gasteiger charge is -2.39. The first-order valence-corrected chi connectivity index (χ1v) is 6.02. The fourth-order valence-electron chi connectivity index (χ4n) is 1.99. The molecule has 0 aromatic rings. The van der Waals surface area contributed by atoms with Crippen LogP contribution in [0.1, 0.15) is 33.6 Å². The summed E-state index contributed by atoms with van der Waals surface area (Å²) in [6.45, 7) is 6.75. The molecule has 0 aromatic carbocycles. The topological polar surface area (TPSA) is 52.6 Å². The zero-order valence-corrected chi connectivity index (χ0v) is 10.8. The molecule has 0 radical (unpaired) electrons. The Bertz CT molecular complexity index is 249. The zero-order chi connectivity index (χ0) is 12.3. The number of hydrogen-bond donors (Lipinski definition) is 2. The normalized spacial score (nSPS) is 26.6. The number of nitrogens with one attached hydrogen (secondary N) is 1. The van der Waals surface area contributed by atoms with Gasteiger partial charge < -0.3 is 15.3 Å². The number of aliphatic hydroxyl groups is 1. The standard InChI is InChI=1S/C12H24N2O2/c1-9-6-5-7-13-10(9)11(16)14(4)12(2,3)8-15/h9-10,13,15H,5-8H2,1-4H3. The van der Waals surface area contributed by atoms with Gasteiger partial charge in [0, 0.05) is 7.05 Å². The number of nitrogens with zero attached hydrogens (tertiary/aromatic N) is 1. The monoisotopic (exact) mass is 228 g/mol. The molecule has 1 aliphatic heterocycles. The van der Waals surface area contributed by atoms with Crippen LogP contribution in [-0.4, -0.2) is 47.7 Å². The predicted octanol–water partition coefficient (Wildman–Crippen LogP) is 0.604. The molecule has 16 heavy (non-hydrogen) atoms. The van der Waals surface area contributed by atoms with Gasteiger partial charge in [0.05, 0.1) is 18.2 Å². The van der Waals surface area contributed by atoms with Gasteiger partial charge in [-0.25, -0.2) is 0 Å². The Labute approximate surface area is 98.0 Å². The second-order valence-electron chi connectivity index (χ2n) is 5.42. The minimum atomic E-state index is -0.490. The van der Waals surface area contributed by atoms with Crippen LogP contribution in [0.2, 0.25) is 0 Å². The summed E-state index contributed by atoms with van der Waals surface area (Å²) in [5, 5.41) is 12.5. The van der Waals surface area contributed by atoms with E-state index < -0.39 is 5.54 Å². The fraction of sp³-hybridized carbons (Fsp3) is 0.917. The maximum absolute atomic E-state index is 12.3. The van der Waals surface area contributed by atoms with Crippen LogP contribution in [0.15, 0.2) is 0 Å². The Kier molecular flexibility index (Phi) is 4.33. The second-order valence-corrected chi connectivity index (χ2v) is 5.42. The molecular formula is C12H24N2O2. The van der Waals surface area contributed by atoms with Gasteiger partial charge >= 0.3 is 0 Å². The molecule has 4 heteroatoms. The van der Waals surface area contributed by atoms with Gasteiger partial charge in [-0.3, -0.25) is 4.79 Å². The van der Waals surface area contributed by atoms with E-state index in [4.69, 9.17) is 0 Å². The van der Waals surface area contributed by atoms with Crippen LogP contribution < -0.4 is 5.32 Å². The van der Waals surface area contributed by atoms with Crippen molar-refractivity contribution >= 4 is 5.91 Å². The quantitative estimate of drug-likeness (QED) is 0.744. The van der Waals surface area contributed by atoms with Crippen molar-refractivity contribution < 1.29 is 9.90 Å². The van der Waals surface area contributed by atoms with Gasteiger partial charge in [0.15, 0.2) is 0 Å². The first kappa shape index (κ1) is 13.5. The van der Waals surface area contributed by atoms with E-state index in [-0.39, 0.29) is 18.6 Å². The largest absolute Gasteiger partial charge is 0.394 e. The zero-order valence-electron chi connectivity index (χ0n) is 10.8. The Morgan fingerprint density at radius 3 is 2.69 bits per heavy atom. The third-order valence-electron chi connectivity index (χ3n) is 3.66. The number of likely N-dealkylation sites (N-methyl/N-ethyl adjacent to an activating group) is 1. The molecule has 0 aliphatic carbocycles. The molecule has 4 nitrogen and oxygen atoms in total. The van der Waals surface area contributed by atoms with Crippen LogP contribution in [0.25, 0.3) is 0 Å². The van der Waals surface area contributed by atoms with Gasteiger partial charge in [0.1, 0.15) is 0 Å². The molecule has 1 amide bonds. The number of hydrogen-bond acceptors (Lipinski definition) is 3. The first-order chi connectivity index (χ1) is 7.40. The SMILES string of the molecule is CC1CCCNC1C(=O)N(C)C(C)(C)CO. The molecular weight excluding hydrogens is 204 g/mol. The van der Waals surface area contributed by atoms with Crippen molar-refractivity contribution in [2.45, 2.75) is 45.2 Å². The minimum absolute atomic E-state index is 0.0175. The molecule has 2 unspecified atom stereocenters. The first-order valence-electron chi connectivity index (χ1n) is 6.02. The molecule has 2 atom stereocenters. The molecule has 1 fully saturated rings. The summed E-state index contributed by atoms with van der Waals surface area (Å²) in [7, 11) is 1.77. The van der Waals surface area contributed by atoms with Gasteiger partial charge in [0.2, 0.25) is 5.91 Å². The van der Waals surface area contributed by atoms with Crippen LogP contribution >= 0.6 is 0 Å². The Morgan fingerprint density at radius 1 is 1.56 bits per heavy atom. The third-order valence-corrected chi connectivity index (χ3v) is 3.66. The molecule has 94 valence electrons. The van der Waals surface area contributed by atoms with E-state index in [2.05, 4.69) is 12.2 Å². The van der Waals surface area contributed by atoms with Crippen molar-refractivity contribution in [3.63, 3.8) is 0 Å². The Balaban J connectivity index is 2.69. The molecule has 2 N–H and O–H groups in total. The van der Waals surface area contributed by atoms with E-state index in [0.717, 1.165) is 19.4 Å². The summed E-state index contributed by atoms with van der Waals surface area (Å²) in [5.74, 6) is 0.462. The van der Waals surface area contributed by atoms with E-state index in [0.29, 0.717) is 5.92 Å². The average Bonchev–Trinajstić information content (AvgIpc) is 2.27. The highest BCUT2D eigenvalue weighted by Crippen LogP contribution is 2.20. The van der Waals surface area contributed by atoms with Gasteiger partial charge in [-0.1, -0.05) is 6.92 Å².